The predicted octanol–water partition coefficient (Wildman–Crippen LogP) is 1.57. The number of nitrogens with one attached hydrogen (secondary N) is 1. The number of carboxylic acid groups (broad SMARTS) is 1. The summed E-state index contributed by atoms with van der Waals surface area (Å²) in [5.41, 5.74) is -0.480. The summed E-state index contributed by atoms with van der Waals surface area (Å²) >= 11 is 0. The van der Waals surface area contributed by atoms with Gasteiger partial charge in [-0.3, -0.25) is 9.59 Å². The van der Waals surface area contributed by atoms with Crippen molar-refractivity contribution in [3.05, 3.63) is 23.8 Å². The third kappa shape index (κ3) is 2.79. The van der Waals surface area contributed by atoms with Crippen molar-refractivity contribution in [2.45, 2.75) is 25.8 Å². The summed E-state index contributed by atoms with van der Waals surface area (Å²) in [6.45, 7) is 0.223. The molecule has 0 bridgehead atoms. The van der Waals surface area contributed by atoms with Crippen molar-refractivity contribution in [3.8, 4) is 11.5 Å². The molecular weight excluding hydrogens is 274 g/mol. The van der Waals surface area contributed by atoms with Crippen LogP contribution in [0.3, 0.4) is 0 Å². The highest BCUT2D eigenvalue weighted by Gasteiger charge is 2.51. The monoisotopic (exact) mass is 293 g/mol. The first kappa shape index (κ1) is 15.2. The molecule has 0 unspecified atom stereocenters. The highest BCUT2D eigenvalue weighted by Crippen LogP contribution is 2.41. The van der Waals surface area contributed by atoms with Crippen molar-refractivity contribution in [1.29, 1.82) is 0 Å². The van der Waals surface area contributed by atoms with Gasteiger partial charge >= 0.3 is 5.97 Å². The van der Waals surface area contributed by atoms with E-state index in [2.05, 4.69) is 5.32 Å². The van der Waals surface area contributed by atoms with Gasteiger partial charge in [-0.25, -0.2) is 0 Å². The Hall–Kier alpha value is -2.24. The predicted molar refractivity (Wildman–Crippen MR) is 75.3 cm³/mol. The molecule has 1 aromatic carbocycles. The lowest BCUT2D eigenvalue weighted by Crippen LogP contribution is -2.50. The van der Waals surface area contributed by atoms with E-state index in [4.69, 9.17) is 9.47 Å². The zero-order valence-electron chi connectivity index (χ0n) is 12.1. The largest absolute Gasteiger partial charge is 0.497 e. The first-order chi connectivity index (χ1) is 10.0. The number of hydrogen-bond acceptors (Lipinski definition) is 4. The van der Waals surface area contributed by atoms with Crippen molar-refractivity contribution in [2.24, 2.45) is 5.41 Å². The average molecular weight is 293 g/mol. The van der Waals surface area contributed by atoms with Crippen LogP contribution in [0.2, 0.25) is 0 Å². The molecule has 0 spiro atoms. The Morgan fingerprint density at radius 1 is 1.29 bits per heavy atom. The van der Waals surface area contributed by atoms with Crippen LogP contribution in [-0.4, -0.2) is 31.2 Å². The molecule has 1 saturated carbocycles. The van der Waals surface area contributed by atoms with Crippen molar-refractivity contribution in [3.63, 3.8) is 0 Å². The quantitative estimate of drug-likeness (QED) is 0.778. The van der Waals surface area contributed by atoms with Gasteiger partial charge in [0.15, 0.2) is 0 Å². The fourth-order valence-electron chi connectivity index (χ4n) is 2.41. The molecular formula is C15H19NO5. The van der Waals surface area contributed by atoms with E-state index in [1.54, 1.807) is 25.3 Å². The van der Waals surface area contributed by atoms with Crippen molar-refractivity contribution in [1.82, 2.24) is 5.32 Å². The van der Waals surface area contributed by atoms with Crippen LogP contribution in [0.4, 0.5) is 0 Å². The molecule has 21 heavy (non-hydrogen) atoms. The fraction of sp³-hybridized carbons (Fsp3) is 0.467. The van der Waals surface area contributed by atoms with Gasteiger partial charge in [-0.05, 0) is 25.0 Å². The number of hydrogen-bond donors (Lipinski definition) is 2. The van der Waals surface area contributed by atoms with Gasteiger partial charge in [-0.15, -0.1) is 0 Å². The standard InChI is InChI=1S/C15H19NO5/c1-20-11-5-4-10(12(8-11)21-2)9-16-13(17)15(14(18)19)6-3-7-15/h4-5,8H,3,6-7,9H2,1-2H3,(H,16,17)(H,18,19). The van der Waals surface area contributed by atoms with E-state index in [9.17, 15) is 14.7 Å². The van der Waals surface area contributed by atoms with E-state index in [1.165, 1.54) is 7.11 Å². The van der Waals surface area contributed by atoms with Gasteiger partial charge in [-0.1, -0.05) is 6.42 Å². The molecule has 114 valence electrons. The van der Waals surface area contributed by atoms with Crippen LogP contribution >= 0.6 is 0 Å². The zero-order valence-corrected chi connectivity index (χ0v) is 12.1. The molecule has 1 aliphatic carbocycles. The van der Waals surface area contributed by atoms with E-state index in [0.717, 1.165) is 12.0 Å². The molecule has 0 aromatic heterocycles. The summed E-state index contributed by atoms with van der Waals surface area (Å²) < 4.78 is 10.4. The molecule has 0 radical (unpaired) electrons. The van der Waals surface area contributed by atoms with Gasteiger partial charge in [0.25, 0.3) is 0 Å². The van der Waals surface area contributed by atoms with Gasteiger partial charge in [-0.2, -0.15) is 0 Å². The van der Waals surface area contributed by atoms with Gasteiger partial charge in [0, 0.05) is 18.2 Å². The average Bonchev–Trinajstić information content (AvgIpc) is 2.43. The SMILES string of the molecule is COc1ccc(CNC(=O)C2(C(=O)O)CCC2)c(OC)c1. The number of benzene rings is 1. The molecule has 6 heteroatoms. The maximum absolute atomic E-state index is 12.1. The first-order valence-corrected chi connectivity index (χ1v) is 6.76. The number of ether oxygens (including phenoxy) is 2. The first-order valence-electron chi connectivity index (χ1n) is 6.76. The second-order valence-corrected chi connectivity index (χ2v) is 5.10. The Morgan fingerprint density at radius 3 is 2.48 bits per heavy atom. The highest BCUT2D eigenvalue weighted by atomic mass is 16.5. The Morgan fingerprint density at radius 2 is 2.00 bits per heavy atom. The lowest BCUT2D eigenvalue weighted by atomic mass is 9.68. The van der Waals surface area contributed by atoms with Crippen LogP contribution in [0.5, 0.6) is 11.5 Å². The van der Waals surface area contributed by atoms with E-state index >= 15 is 0 Å². The van der Waals surface area contributed by atoms with Crippen LogP contribution < -0.4 is 14.8 Å². The number of amides is 1. The van der Waals surface area contributed by atoms with Crippen LogP contribution in [-0.2, 0) is 16.1 Å². The zero-order chi connectivity index (χ0) is 15.5. The van der Waals surface area contributed by atoms with Crippen LogP contribution in [0.1, 0.15) is 24.8 Å². The van der Waals surface area contributed by atoms with Gasteiger partial charge in [0.1, 0.15) is 16.9 Å². The lowest BCUT2D eigenvalue weighted by molar-refractivity contribution is -0.162. The smallest absolute Gasteiger partial charge is 0.319 e. The lowest BCUT2D eigenvalue weighted by Gasteiger charge is -2.35. The number of methoxy groups -OCH3 is 2. The van der Waals surface area contributed by atoms with Gasteiger partial charge in [0.2, 0.25) is 5.91 Å². The molecule has 2 rings (SSSR count). The molecule has 1 aromatic rings. The highest BCUT2D eigenvalue weighted by molar-refractivity contribution is 6.02. The molecule has 0 aliphatic heterocycles. The van der Waals surface area contributed by atoms with Crippen LogP contribution in [0.25, 0.3) is 0 Å². The maximum Gasteiger partial charge on any atom is 0.319 e. The number of carboxylic acids is 1. The summed E-state index contributed by atoms with van der Waals surface area (Å²) in [6.07, 6.45) is 1.56. The second kappa shape index (κ2) is 6.03. The minimum atomic E-state index is -1.25. The van der Waals surface area contributed by atoms with Crippen LogP contribution in [0.15, 0.2) is 18.2 Å². The van der Waals surface area contributed by atoms with E-state index in [1.807, 2.05) is 0 Å². The van der Waals surface area contributed by atoms with Gasteiger partial charge in [0.05, 0.1) is 14.2 Å². The van der Waals surface area contributed by atoms with Crippen molar-refractivity contribution in [2.75, 3.05) is 14.2 Å². The second-order valence-electron chi connectivity index (χ2n) is 5.10. The fourth-order valence-corrected chi connectivity index (χ4v) is 2.41. The minimum absolute atomic E-state index is 0.223. The normalized spacial score (nSPS) is 15.7. The van der Waals surface area contributed by atoms with E-state index < -0.39 is 17.3 Å². The summed E-state index contributed by atoms with van der Waals surface area (Å²) in [7, 11) is 3.09. The molecule has 1 amide bonds. The Bertz CT molecular complexity index is 551. The van der Waals surface area contributed by atoms with Crippen molar-refractivity contribution < 1.29 is 24.2 Å². The Labute approximate surface area is 123 Å². The number of carbonyl (C=O) groups excluding carboxylic acids is 1. The minimum Gasteiger partial charge on any atom is -0.497 e. The van der Waals surface area contributed by atoms with E-state index in [-0.39, 0.29) is 6.54 Å². The molecule has 0 atom stereocenters. The third-order valence-electron chi connectivity index (χ3n) is 3.98. The summed E-state index contributed by atoms with van der Waals surface area (Å²) in [4.78, 5) is 23.4. The van der Waals surface area contributed by atoms with Gasteiger partial charge < -0.3 is 19.9 Å². The summed E-state index contributed by atoms with van der Waals surface area (Å²) in [5, 5.41) is 11.9. The molecule has 0 heterocycles. The molecule has 1 fully saturated rings. The molecule has 0 saturated heterocycles. The number of carbonyl (C=O) groups is 2. The van der Waals surface area contributed by atoms with Crippen molar-refractivity contribution >= 4 is 11.9 Å². The summed E-state index contributed by atoms with van der Waals surface area (Å²) in [6, 6.07) is 5.27. The Balaban J connectivity index is 2.06. The van der Waals surface area contributed by atoms with E-state index in [0.29, 0.717) is 24.3 Å². The number of rotatable bonds is 6. The van der Waals surface area contributed by atoms with Crippen LogP contribution in [0, 0.1) is 5.41 Å². The maximum atomic E-state index is 12.1. The number of aliphatic carboxylic acids is 1. The molecule has 1 aliphatic rings. The summed E-state index contributed by atoms with van der Waals surface area (Å²) in [5.74, 6) is -0.234. The molecule has 6 nitrogen and oxygen atoms in total. The Kier molecular flexibility index (Phi) is 4.35. The topological polar surface area (TPSA) is 84.9 Å². The molecule has 2 N–H and O–H groups in total. The third-order valence-corrected chi connectivity index (χ3v) is 3.98.